The molecule has 1 saturated carbocycles. The van der Waals surface area contributed by atoms with Gasteiger partial charge >= 0.3 is 0 Å². The van der Waals surface area contributed by atoms with E-state index < -0.39 is 14.8 Å². The van der Waals surface area contributed by atoms with Gasteiger partial charge < -0.3 is 5.73 Å². The van der Waals surface area contributed by atoms with Crippen molar-refractivity contribution in [3.05, 3.63) is 0 Å². The molecule has 1 saturated heterocycles. The highest BCUT2D eigenvalue weighted by molar-refractivity contribution is 7.90. The number of hydrogen-bond acceptors (Lipinski definition) is 3. The molecule has 13 heavy (non-hydrogen) atoms. The Bertz CT molecular complexity index is 289. The van der Waals surface area contributed by atoms with Gasteiger partial charge in [0.1, 0.15) is 0 Å². The standard InChI is InChI=1S/C8H16N2O2S/c9-7-8(3-4-8)13(11,12)10-5-1-2-6-10/h1-7,9H2. The first-order valence-corrected chi connectivity index (χ1v) is 6.26. The fourth-order valence-electron chi connectivity index (χ4n) is 1.91. The highest BCUT2D eigenvalue weighted by atomic mass is 32.2. The van der Waals surface area contributed by atoms with Gasteiger partial charge in [-0.2, -0.15) is 0 Å². The number of sulfonamides is 1. The number of rotatable bonds is 3. The Morgan fingerprint density at radius 2 is 1.77 bits per heavy atom. The third-order valence-electron chi connectivity index (χ3n) is 3.13. The second-order valence-electron chi connectivity index (χ2n) is 4.00. The number of nitrogens with two attached hydrogens (primary N) is 1. The van der Waals surface area contributed by atoms with Crippen molar-refractivity contribution in [1.82, 2.24) is 4.31 Å². The summed E-state index contributed by atoms with van der Waals surface area (Å²) in [7, 11) is -3.07. The average molecular weight is 204 g/mol. The fourth-order valence-corrected chi connectivity index (χ4v) is 4.02. The lowest BCUT2D eigenvalue weighted by molar-refractivity contribution is 0.462. The van der Waals surface area contributed by atoms with Crippen LogP contribution in [0.3, 0.4) is 0 Å². The Morgan fingerprint density at radius 3 is 2.15 bits per heavy atom. The molecule has 0 unspecified atom stereocenters. The maximum Gasteiger partial charge on any atom is 0.221 e. The molecule has 2 rings (SSSR count). The zero-order valence-electron chi connectivity index (χ0n) is 7.70. The summed E-state index contributed by atoms with van der Waals surface area (Å²) in [5.41, 5.74) is 5.52. The maximum atomic E-state index is 12.0. The summed E-state index contributed by atoms with van der Waals surface area (Å²) < 4.78 is 25.0. The molecular weight excluding hydrogens is 188 g/mol. The highest BCUT2D eigenvalue weighted by Gasteiger charge is 2.55. The number of hydrogen-bond donors (Lipinski definition) is 1. The predicted molar refractivity (Wildman–Crippen MR) is 50.7 cm³/mol. The number of nitrogens with zero attached hydrogens (tertiary/aromatic N) is 1. The van der Waals surface area contributed by atoms with Crippen molar-refractivity contribution in [3.63, 3.8) is 0 Å². The van der Waals surface area contributed by atoms with Crippen molar-refractivity contribution >= 4 is 10.0 Å². The Kier molecular flexibility index (Phi) is 2.13. The first kappa shape index (κ1) is 9.43. The Morgan fingerprint density at radius 1 is 1.23 bits per heavy atom. The van der Waals surface area contributed by atoms with Gasteiger partial charge in [-0.3, -0.25) is 0 Å². The summed E-state index contributed by atoms with van der Waals surface area (Å²) in [4.78, 5) is 0. The van der Waals surface area contributed by atoms with Gasteiger partial charge in [-0.25, -0.2) is 12.7 Å². The average Bonchev–Trinajstić information content (AvgIpc) is 2.72. The van der Waals surface area contributed by atoms with Crippen molar-refractivity contribution in [3.8, 4) is 0 Å². The van der Waals surface area contributed by atoms with Crippen LogP contribution >= 0.6 is 0 Å². The van der Waals surface area contributed by atoms with Crippen LogP contribution < -0.4 is 5.73 Å². The molecule has 2 aliphatic rings. The summed E-state index contributed by atoms with van der Waals surface area (Å²) in [6.45, 7) is 1.68. The molecule has 0 aromatic rings. The molecule has 0 spiro atoms. The van der Waals surface area contributed by atoms with E-state index in [1.807, 2.05) is 0 Å². The van der Waals surface area contributed by atoms with Gasteiger partial charge in [0, 0.05) is 19.6 Å². The van der Waals surface area contributed by atoms with E-state index in [2.05, 4.69) is 0 Å². The zero-order valence-corrected chi connectivity index (χ0v) is 8.52. The highest BCUT2D eigenvalue weighted by Crippen LogP contribution is 2.44. The molecule has 1 aliphatic heterocycles. The summed E-state index contributed by atoms with van der Waals surface area (Å²) >= 11 is 0. The van der Waals surface area contributed by atoms with Crippen LogP contribution in [0.1, 0.15) is 25.7 Å². The van der Waals surface area contributed by atoms with E-state index in [-0.39, 0.29) is 6.54 Å². The molecule has 0 bridgehead atoms. The van der Waals surface area contributed by atoms with Gasteiger partial charge in [-0.15, -0.1) is 0 Å². The van der Waals surface area contributed by atoms with Crippen LogP contribution in [0.15, 0.2) is 0 Å². The molecule has 1 aliphatic carbocycles. The molecule has 5 heteroatoms. The quantitative estimate of drug-likeness (QED) is 0.698. The topological polar surface area (TPSA) is 63.4 Å². The van der Waals surface area contributed by atoms with Crippen molar-refractivity contribution in [2.45, 2.75) is 30.4 Å². The summed E-state index contributed by atoms with van der Waals surface area (Å²) in [5, 5.41) is 0. The molecule has 2 N–H and O–H groups in total. The van der Waals surface area contributed by atoms with Crippen molar-refractivity contribution < 1.29 is 8.42 Å². The lowest BCUT2D eigenvalue weighted by Crippen LogP contribution is -2.42. The van der Waals surface area contributed by atoms with E-state index in [9.17, 15) is 8.42 Å². The Labute approximate surface area is 79.1 Å². The predicted octanol–water partition coefficient (Wildman–Crippen LogP) is -0.0967. The van der Waals surface area contributed by atoms with E-state index in [4.69, 9.17) is 5.73 Å². The fraction of sp³-hybridized carbons (Fsp3) is 1.00. The first-order valence-electron chi connectivity index (χ1n) is 4.82. The minimum absolute atomic E-state index is 0.284. The normalized spacial score (nSPS) is 27.8. The van der Waals surface area contributed by atoms with Gasteiger partial charge in [0.25, 0.3) is 0 Å². The third-order valence-corrected chi connectivity index (χ3v) is 5.85. The summed E-state index contributed by atoms with van der Waals surface area (Å²) in [6, 6.07) is 0. The van der Waals surface area contributed by atoms with Crippen molar-refractivity contribution in [1.29, 1.82) is 0 Å². The molecule has 0 atom stereocenters. The minimum atomic E-state index is -3.07. The Hall–Kier alpha value is -0.130. The van der Waals surface area contributed by atoms with E-state index >= 15 is 0 Å². The van der Waals surface area contributed by atoms with E-state index in [0.29, 0.717) is 13.1 Å². The molecule has 0 amide bonds. The summed E-state index contributed by atoms with van der Waals surface area (Å²) in [6.07, 6.45) is 3.50. The maximum absolute atomic E-state index is 12.0. The van der Waals surface area contributed by atoms with Crippen LogP contribution in [-0.4, -0.2) is 37.1 Å². The van der Waals surface area contributed by atoms with Gasteiger partial charge in [-0.05, 0) is 25.7 Å². The van der Waals surface area contributed by atoms with E-state index in [1.165, 1.54) is 0 Å². The molecule has 4 nitrogen and oxygen atoms in total. The van der Waals surface area contributed by atoms with E-state index in [0.717, 1.165) is 25.7 Å². The van der Waals surface area contributed by atoms with Gasteiger partial charge in [0.05, 0.1) is 4.75 Å². The van der Waals surface area contributed by atoms with Crippen LogP contribution in [0, 0.1) is 0 Å². The molecular formula is C8H16N2O2S. The van der Waals surface area contributed by atoms with Crippen molar-refractivity contribution in [2.24, 2.45) is 5.73 Å². The van der Waals surface area contributed by atoms with Gasteiger partial charge in [-0.1, -0.05) is 0 Å². The van der Waals surface area contributed by atoms with Crippen LogP contribution in [0.5, 0.6) is 0 Å². The molecule has 76 valence electrons. The summed E-state index contributed by atoms with van der Waals surface area (Å²) in [5.74, 6) is 0. The monoisotopic (exact) mass is 204 g/mol. The second kappa shape index (κ2) is 2.93. The molecule has 1 heterocycles. The Balaban J connectivity index is 2.20. The lowest BCUT2D eigenvalue weighted by atomic mass is 10.4. The van der Waals surface area contributed by atoms with Gasteiger partial charge in [0.2, 0.25) is 10.0 Å². The molecule has 0 aromatic heterocycles. The van der Waals surface area contributed by atoms with Crippen LogP contribution in [0.25, 0.3) is 0 Å². The SMILES string of the molecule is NCC1(S(=O)(=O)N2CCCC2)CC1. The third kappa shape index (κ3) is 1.30. The first-order chi connectivity index (χ1) is 6.12. The van der Waals surface area contributed by atoms with Crippen LogP contribution in [0.2, 0.25) is 0 Å². The van der Waals surface area contributed by atoms with Gasteiger partial charge in [0.15, 0.2) is 0 Å². The second-order valence-corrected chi connectivity index (χ2v) is 6.33. The molecule has 2 fully saturated rings. The van der Waals surface area contributed by atoms with Crippen LogP contribution in [-0.2, 0) is 10.0 Å². The lowest BCUT2D eigenvalue weighted by Gasteiger charge is -2.22. The largest absolute Gasteiger partial charge is 0.329 e. The zero-order chi connectivity index (χ0) is 9.53. The minimum Gasteiger partial charge on any atom is -0.329 e. The molecule has 0 aromatic carbocycles. The molecule has 0 radical (unpaired) electrons. The van der Waals surface area contributed by atoms with Crippen molar-refractivity contribution in [2.75, 3.05) is 19.6 Å². The van der Waals surface area contributed by atoms with E-state index in [1.54, 1.807) is 4.31 Å². The smallest absolute Gasteiger partial charge is 0.221 e. The van der Waals surface area contributed by atoms with Crippen LogP contribution in [0.4, 0.5) is 0 Å².